The summed E-state index contributed by atoms with van der Waals surface area (Å²) in [5.41, 5.74) is 5.27. The van der Waals surface area contributed by atoms with Crippen molar-refractivity contribution in [2.24, 2.45) is 0 Å². The standard InChI is InChI=1S/C30H32N2/c1-7-15-25-21(9-1)17-19-27(31-23-11-3-4-12-23)29(25)30-26-16-8-2-10-22(26)18-20-28(30)32-24-13-5-6-14-24/h1-2,7-10,15-20,23-24,31-32H,3-6,11-14H2. The van der Waals surface area contributed by atoms with Gasteiger partial charge < -0.3 is 10.6 Å². The average Bonchev–Trinajstić information content (AvgIpc) is 3.54. The molecule has 2 saturated carbocycles. The van der Waals surface area contributed by atoms with Crippen molar-refractivity contribution in [2.75, 3.05) is 10.6 Å². The van der Waals surface area contributed by atoms with Gasteiger partial charge in [-0.25, -0.2) is 0 Å². The summed E-state index contributed by atoms with van der Waals surface area (Å²) < 4.78 is 0. The summed E-state index contributed by atoms with van der Waals surface area (Å²) >= 11 is 0. The number of anilines is 2. The molecule has 0 saturated heterocycles. The maximum absolute atomic E-state index is 3.96. The zero-order valence-electron chi connectivity index (χ0n) is 18.7. The van der Waals surface area contributed by atoms with E-state index in [4.69, 9.17) is 0 Å². The number of rotatable bonds is 5. The van der Waals surface area contributed by atoms with Crippen molar-refractivity contribution < 1.29 is 0 Å². The van der Waals surface area contributed by atoms with Crippen LogP contribution in [0.5, 0.6) is 0 Å². The van der Waals surface area contributed by atoms with Crippen LogP contribution in [0.2, 0.25) is 0 Å². The van der Waals surface area contributed by atoms with E-state index in [1.54, 1.807) is 0 Å². The van der Waals surface area contributed by atoms with E-state index >= 15 is 0 Å². The Morgan fingerprint density at radius 1 is 0.469 bits per heavy atom. The summed E-state index contributed by atoms with van der Waals surface area (Å²) in [7, 11) is 0. The molecule has 0 radical (unpaired) electrons. The van der Waals surface area contributed by atoms with E-state index in [1.165, 1.54) is 95.4 Å². The molecule has 0 heterocycles. The van der Waals surface area contributed by atoms with Crippen LogP contribution in [0.15, 0.2) is 72.8 Å². The van der Waals surface area contributed by atoms with Crippen molar-refractivity contribution in [3.63, 3.8) is 0 Å². The lowest BCUT2D eigenvalue weighted by molar-refractivity contribution is 0.755. The lowest BCUT2D eigenvalue weighted by atomic mass is 9.90. The summed E-state index contributed by atoms with van der Waals surface area (Å²) in [5.74, 6) is 0. The number of hydrogen-bond donors (Lipinski definition) is 2. The second-order valence-electron chi connectivity index (χ2n) is 9.67. The molecular formula is C30H32N2. The normalized spacial score (nSPS) is 17.4. The van der Waals surface area contributed by atoms with E-state index in [9.17, 15) is 0 Å². The summed E-state index contributed by atoms with van der Waals surface area (Å²) in [5, 5.41) is 13.2. The third-order valence-corrected chi connectivity index (χ3v) is 7.54. The van der Waals surface area contributed by atoms with Gasteiger partial charge >= 0.3 is 0 Å². The van der Waals surface area contributed by atoms with Crippen molar-refractivity contribution >= 4 is 32.9 Å². The molecule has 162 valence electrons. The Hall–Kier alpha value is -3.00. The van der Waals surface area contributed by atoms with Crippen molar-refractivity contribution in [1.29, 1.82) is 0 Å². The Morgan fingerprint density at radius 2 is 0.875 bits per heavy atom. The highest BCUT2D eigenvalue weighted by Crippen LogP contribution is 2.44. The molecule has 0 aromatic heterocycles. The third kappa shape index (κ3) is 3.62. The molecule has 2 heteroatoms. The van der Waals surface area contributed by atoms with Gasteiger partial charge in [-0.15, -0.1) is 0 Å². The van der Waals surface area contributed by atoms with Crippen LogP contribution in [0.25, 0.3) is 32.7 Å². The van der Waals surface area contributed by atoms with Gasteiger partial charge in [0.1, 0.15) is 0 Å². The summed E-state index contributed by atoms with van der Waals surface area (Å²) in [6, 6.07) is 28.1. The lowest BCUT2D eigenvalue weighted by Gasteiger charge is -2.24. The molecule has 2 aliphatic carbocycles. The van der Waals surface area contributed by atoms with Gasteiger partial charge in [-0.2, -0.15) is 0 Å². The molecule has 0 unspecified atom stereocenters. The lowest BCUT2D eigenvalue weighted by Crippen LogP contribution is -2.17. The molecule has 4 aromatic rings. The van der Waals surface area contributed by atoms with Crippen LogP contribution in [0.1, 0.15) is 51.4 Å². The van der Waals surface area contributed by atoms with E-state index < -0.39 is 0 Å². The second kappa shape index (κ2) is 8.50. The van der Waals surface area contributed by atoms with Crippen molar-refractivity contribution in [1.82, 2.24) is 0 Å². The maximum atomic E-state index is 3.96. The van der Waals surface area contributed by atoms with Crippen molar-refractivity contribution in [3.8, 4) is 11.1 Å². The molecular weight excluding hydrogens is 388 g/mol. The number of fused-ring (bicyclic) bond motifs is 2. The highest BCUT2D eigenvalue weighted by molar-refractivity contribution is 6.13. The Morgan fingerprint density at radius 3 is 1.31 bits per heavy atom. The molecule has 0 bridgehead atoms. The average molecular weight is 421 g/mol. The number of benzene rings is 4. The zero-order valence-corrected chi connectivity index (χ0v) is 18.7. The largest absolute Gasteiger partial charge is 0.382 e. The molecule has 0 amide bonds. The van der Waals surface area contributed by atoms with Crippen LogP contribution in [-0.4, -0.2) is 12.1 Å². The van der Waals surface area contributed by atoms with E-state index in [0.29, 0.717) is 12.1 Å². The van der Waals surface area contributed by atoms with Gasteiger partial charge in [-0.05, 0) is 59.4 Å². The monoisotopic (exact) mass is 420 g/mol. The van der Waals surface area contributed by atoms with Gasteiger partial charge in [-0.3, -0.25) is 0 Å². The van der Waals surface area contributed by atoms with E-state index in [0.717, 1.165) is 0 Å². The first-order valence-corrected chi connectivity index (χ1v) is 12.4. The Balaban J connectivity index is 1.60. The molecule has 2 fully saturated rings. The number of hydrogen-bond acceptors (Lipinski definition) is 2. The van der Waals surface area contributed by atoms with Crippen LogP contribution in [0, 0.1) is 0 Å². The topological polar surface area (TPSA) is 24.1 Å². The molecule has 32 heavy (non-hydrogen) atoms. The van der Waals surface area contributed by atoms with Gasteiger partial charge in [0.15, 0.2) is 0 Å². The molecule has 2 aliphatic rings. The highest BCUT2D eigenvalue weighted by atomic mass is 14.9. The third-order valence-electron chi connectivity index (χ3n) is 7.54. The quantitative estimate of drug-likeness (QED) is 0.339. The predicted octanol–water partition coefficient (Wildman–Crippen LogP) is 8.37. The fourth-order valence-electron chi connectivity index (χ4n) is 5.90. The minimum atomic E-state index is 0.580. The first-order chi connectivity index (χ1) is 15.9. The first-order valence-electron chi connectivity index (χ1n) is 12.4. The number of nitrogens with one attached hydrogen (secondary N) is 2. The molecule has 2 nitrogen and oxygen atoms in total. The SMILES string of the molecule is c1ccc2c(-c3c(NC4CCCC4)ccc4ccccc34)c(NC3CCCC3)ccc2c1. The molecule has 0 atom stereocenters. The molecule has 2 N–H and O–H groups in total. The summed E-state index contributed by atoms with van der Waals surface area (Å²) in [6.07, 6.45) is 10.4. The van der Waals surface area contributed by atoms with E-state index in [1.807, 2.05) is 0 Å². The van der Waals surface area contributed by atoms with Crippen LogP contribution in [0.3, 0.4) is 0 Å². The molecule has 0 aliphatic heterocycles. The fraction of sp³-hybridized carbons (Fsp3) is 0.333. The zero-order chi connectivity index (χ0) is 21.3. The highest BCUT2D eigenvalue weighted by Gasteiger charge is 2.22. The van der Waals surface area contributed by atoms with E-state index in [-0.39, 0.29) is 0 Å². The molecule has 6 rings (SSSR count). The maximum Gasteiger partial charge on any atom is 0.0429 e. The van der Waals surface area contributed by atoms with Crippen molar-refractivity contribution in [3.05, 3.63) is 72.8 Å². The van der Waals surface area contributed by atoms with Gasteiger partial charge in [-0.1, -0.05) is 86.3 Å². The van der Waals surface area contributed by atoms with Crippen LogP contribution in [0.4, 0.5) is 11.4 Å². The minimum Gasteiger partial charge on any atom is -0.382 e. The summed E-state index contributed by atoms with van der Waals surface area (Å²) in [4.78, 5) is 0. The Labute approximate surface area is 191 Å². The minimum absolute atomic E-state index is 0.580. The van der Waals surface area contributed by atoms with Gasteiger partial charge in [0.2, 0.25) is 0 Å². The van der Waals surface area contributed by atoms with Crippen molar-refractivity contribution in [2.45, 2.75) is 63.5 Å². The summed E-state index contributed by atoms with van der Waals surface area (Å²) in [6.45, 7) is 0. The van der Waals surface area contributed by atoms with Gasteiger partial charge in [0.25, 0.3) is 0 Å². The fourth-order valence-corrected chi connectivity index (χ4v) is 5.90. The predicted molar refractivity (Wildman–Crippen MR) is 139 cm³/mol. The smallest absolute Gasteiger partial charge is 0.0429 e. The Bertz CT molecular complexity index is 1150. The van der Waals surface area contributed by atoms with Gasteiger partial charge in [0, 0.05) is 34.6 Å². The first kappa shape index (κ1) is 19.7. The molecule has 4 aromatic carbocycles. The molecule has 0 spiro atoms. The van der Waals surface area contributed by atoms with E-state index in [2.05, 4.69) is 83.4 Å². The van der Waals surface area contributed by atoms with Crippen LogP contribution < -0.4 is 10.6 Å². The van der Waals surface area contributed by atoms with Crippen LogP contribution in [-0.2, 0) is 0 Å². The second-order valence-corrected chi connectivity index (χ2v) is 9.67. The van der Waals surface area contributed by atoms with Crippen LogP contribution >= 0.6 is 0 Å². The van der Waals surface area contributed by atoms with Gasteiger partial charge in [0.05, 0.1) is 0 Å². The Kier molecular flexibility index (Phi) is 5.23.